The maximum Gasteiger partial charge on any atom is 0.120 e. The highest BCUT2D eigenvalue weighted by molar-refractivity contribution is 6.02. The van der Waals surface area contributed by atoms with Gasteiger partial charge in [-0.1, -0.05) is 11.2 Å². The van der Waals surface area contributed by atoms with E-state index in [1.54, 1.807) is 0 Å². The van der Waals surface area contributed by atoms with E-state index in [9.17, 15) is 0 Å². The highest BCUT2D eigenvalue weighted by Gasteiger charge is 2.16. The van der Waals surface area contributed by atoms with Gasteiger partial charge in [0.05, 0.1) is 11.8 Å². The van der Waals surface area contributed by atoms with Crippen molar-refractivity contribution in [3.05, 3.63) is 29.3 Å². The van der Waals surface area contributed by atoms with Gasteiger partial charge in [-0.2, -0.15) is 0 Å². The Morgan fingerprint density at radius 3 is 2.81 bits per heavy atom. The van der Waals surface area contributed by atoms with E-state index in [-0.39, 0.29) is 6.10 Å². The number of benzene rings is 1. The van der Waals surface area contributed by atoms with Gasteiger partial charge in [0.2, 0.25) is 0 Å². The van der Waals surface area contributed by atoms with E-state index in [0.717, 1.165) is 36.3 Å². The molecule has 1 aliphatic rings. The van der Waals surface area contributed by atoms with Crippen molar-refractivity contribution in [1.82, 2.24) is 0 Å². The van der Waals surface area contributed by atoms with Crippen LogP contribution in [0.15, 0.2) is 23.4 Å². The lowest BCUT2D eigenvalue weighted by molar-refractivity contribution is 0.242. The lowest BCUT2D eigenvalue weighted by atomic mass is 9.90. The summed E-state index contributed by atoms with van der Waals surface area (Å²) in [5.74, 6) is 0.844. The van der Waals surface area contributed by atoms with Gasteiger partial charge in [0.25, 0.3) is 0 Å². The van der Waals surface area contributed by atoms with Crippen LogP contribution in [0, 0.1) is 0 Å². The fourth-order valence-electron chi connectivity index (χ4n) is 2.07. The Balaban J connectivity index is 2.35. The Labute approximate surface area is 95.7 Å². The molecule has 1 aromatic rings. The first-order chi connectivity index (χ1) is 7.70. The Morgan fingerprint density at radius 1 is 1.31 bits per heavy atom. The van der Waals surface area contributed by atoms with E-state index in [4.69, 9.17) is 9.94 Å². The quantitative estimate of drug-likeness (QED) is 0.613. The third kappa shape index (κ3) is 2.18. The number of rotatable bonds is 2. The molecule has 16 heavy (non-hydrogen) atoms. The minimum Gasteiger partial charge on any atom is -0.491 e. The fraction of sp³-hybridized carbons (Fsp3) is 0.462. The van der Waals surface area contributed by atoms with Gasteiger partial charge in [-0.3, -0.25) is 0 Å². The molecule has 0 saturated carbocycles. The average molecular weight is 219 g/mol. The summed E-state index contributed by atoms with van der Waals surface area (Å²) in [5, 5.41) is 12.3. The second-order valence-corrected chi connectivity index (χ2v) is 4.39. The summed E-state index contributed by atoms with van der Waals surface area (Å²) in [6, 6.07) is 6.03. The summed E-state index contributed by atoms with van der Waals surface area (Å²) in [4.78, 5) is 0. The summed E-state index contributed by atoms with van der Waals surface area (Å²) in [6.45, 7) is 4.00. The molecule has 0 aromatic heterocycles. The lowest BCUT2D eigenvalue weighted by Gasteiger charge is -2.18. The van der Waals surface area contributed by atoms with Crippen molar-refractivity contribution in [3.63, 3.8) is 0 Å². The largest absolute Gasteiger partial charge is 0.491 e. The van der Waals surface area contributed by atoms with E-state index in [1.807, 2.05) is 26.0 Å². The number of hydrogen-bond donors (Lipinski definition) is 1. The monoisotopic (exact) mass is 219 g/mol. The molecule has 1 N–H and O–H groups in total. The van der Waals surface area contributed by atoms with Crippen LogP contribution in [-0.4, -0.2) is 17.0 Å². The molecule has 0 saturated heterocycles. The molecule has 0 unspecified atom stereocenters. The van der Waals surface area contributed by atoms with Gasteiger partial charge in [0, 0.05) is 5.56 Å². The topological polar surface area (TPSA) is 41.8 Å². The normalized spacial score (nSPS) is 17.6. The number of nitrogens with zero attached hydrogens (tertiary/aromatic N) is 1. The van der Waals surface area contributed by atoms with Gasteiger partial charge in [0.1, 0.15) is 5.75 Å². The Hall–Kier alpha value is -1.51. The summed E-state index contributed by atoms with van der Waals surface area (Å²) in [7, 11) is 0. The Bertz CT molecular complexity index is 410. The Morgan fingerprint density at radius 2 is 2.12 bits per heavy atom. The SMILES string of the molecule is CC(C)Oc1ccc2c(c1)/C(=N\O)CCC2. The van der Waals surface area contributed by atoms with E-state index < -0.39 is 0 Å². The van der Waals surface area contributed by atoms with Crippen molar-refractivity contribution in [2.75, 3.05) is 0 Å². The first kappa shape index (κ1) is 11.0. The summed E-state index contributed by atoms with van der Waals surface area (Å²) in [6.07, 6.45) is 3.11. The molecule has 1 aromatic carbocycles. The second kappa shape index (κ2) is 4.56. The fourth-order valence-corrected chi connectivity index (χ4v) is 2.07. The van der Waals surface area contributed by atoms with Crippen LogP contribution in [0.1, 0.15) is 37.8 Å². The molecule has 0 spiro atoms. The first-order valence-corrected chi connectivity index (χ1v) is 5.71. The molecular formula is C13H17NO2. The van der Waals surface area contributed by atoms with E-state index in [0.29, 0.717) is 0 Å². The molecule has 0 radical (unpaired) electrons. The van der Waals surface area contributed by atoms with Crippen molar-refractivity contribution >= 4 is 5.71 Å². The van der Waals surface area contributed by atoms with Crippen LogP contribution in [0.25, 0.3) is 0 Å². The van der Waals surface area contributed by atoms with Crippen molar-refractivity contribution in [1.29, 1.82) is 0 Å². The van der Waals surface area contributed by atoms with Crippen molar-refractivity contribution < 1.29 is 9.94 Å². The maximum atomic E-state index is 8.96. The minimum atomic E-state index is 0.163. The summed E-state index contributed by atoms with van der Waals surface area (Å²) < 4.78 is 5.64. The highest BCUT2D eigenvalue weighted by atomic mass is 16.5. The second-order valence-electron chi connectivity index (χ2n) is 4.39. The third-order valence-corrected chi connectivity index (χ3v) is 2.74. The Kier molecular flexibility index (Phi) is 3.13. The minimum absolute atomic E-state index is 0.163. The van der Waals surface area contributed by atoms with Gasteiger partial charge in [-0.05, 0) is 50.8 Å². The van der Waals surface area contributed by atoms with E-state index >= 15 is 0 Å². The smallest absolute Gasteiger partial charge is 0.120 e. The van der Waals surface area contributed by atoms with Gasteiger partial charge >= 0.3 is 0 Å². The highest BCUT2D eigenvalue weighted by Crippen LogP contribution is 2.26. The van der Waals surface area contributed by atoms with Crippen LogP contribution in [0.2, 0.25) is 0 Å². The maximum absolute atomic E-state index is 8.96. The number of ether oxygens (including phenoxy) is 1. The van der Waals surface area contributed by atoms with Gasteiger partial charge in [-0.15, -0.1) is 0 Å². The molecule has 86 valence electrons. The van der Waals surface area contributed by atoms with Crippen LogP contribution in [-0.2, 0) is 6.42 Å². The summed E-state index contributed by atoms with van der Waals surface area (Å²) >= 11 is 0. The van der Waals surface area contributed by atoms with E-state index in [1.165, 1.54) is 5.56 Å². The zero-order valence-electron chi connectivity index (χ0n) is 9.73. The molecule has 0 fully saturated rings. The summed E-state index contributed by atoms with van der Waals surface area (Å²) in [5.41, 5.74) is 3.05. The zero-order valence-corrected chi connectivity index (χ0v) is 9.73. The van der Waals surface area contributed by atoms with Crippen LogP contribution in [0.5, 0.6) is 5.75 Å². The molecule has 0 heterocycles. The molecule has 0 atom stereocenters. The standard InChI is InChI=1S/C13H17NO2/c1-9(2)16-11-7-6-10-4-3-5-13(14-15)12(10)8-11/h6-9,15H,3-5H2,1-2H3/b14-13-. The molecule has 0 bridgehead atoms. The number of aryl methyl sites for hydroxylation is 1. The van der Waals surface area contributed by atoms with E-state index in [2.05, 4.69) is 11.2 Å². The molecule has 1 aliphatic carbocycles. The van der Waals surface area contributed by atoms with Gasteiger partial charge in [0.15, 0.2) is 0 Å². The predicted molar refractivity (Wildman–Crippen MR) is 63.5 cm³/mol. The van der Waals surface area contributed by atoms with Crippen LogP contribution >= 0.6 is 0 Å². The van der Waals surface area contributed by atoms with Crippen LogP contribution in [0.3, 0.4) is 0 Å². The molecule has 3 nitrogen and oxygen atoms in total. The number of oxime groups is 1. The molecular weight excluding hydrogens is 202 g/mol. The predicted octanol–water partition coefficient (Wildman–Crippen LogP) is 2.99. The van der Waals surface area contributed by atoms with Crippen LogP contribution in [0.4, 0.5) is 0 Å². The van der Waals surface area contributed by atoms with Gasteiger partial charge < -0.3 is 9.94 Å². The third-order valence-electron chi connectivity index (χ3n) is 2.74. The van der Waals surface area contributed by atoms with Crippen molar-refractivity contribution in [2.24, 2.45) is 5.16 Å². The molecule has 3 heteroatoms. The van der Waals surface area contributed by atoms with Crippen LogP contribution < -0.4 is 4.74 Å². The average Bonchev–Trinajstić information content (AvgIpc) is 2.27. The van der Waals surface area contributed by atoms with Crippen molar-refractivity contribution in [2.45, 2.75) is 39.2 Å². The molecule has 2 rings (SSSR count). The van der Waals surface area contributed by atoms with Crippen molar-refractivity contribution in [3.8, 4) is 5.75 Å². The lowest BCUT2D eigenvalue weighted by Crippen LogP contribution is -2.13. The molecule has 0 amide bonds. The number of fused-ring (bicyclic) bond motifs is 1. The first-order valence-electron chi connectivity index (χ1n) is 5.71. The molecule has 0 aliphatic heterocycles. The number of hydrogen-bond acceptors (Lipinski definition) is 3. The van der Waals surface area contributed by atoms with Gasteiger partial charge in [-0.25, -0.2) is 0 Å². The zero-order chi connectivity index (χ0) is 11.5.